The SMILES string of the molecule is CC(=O)N1CCc2cc(Cl)cc(CN(C)C)c2C1. The molecule has 0 fully saturated rings. The highest BCUT2D eigenvalue weighted by Gasteiger charge is 2.21. The van der Waals surface area contributed by atoms with E-state index in [0.717, 1.165) is 24.5 Å². The van der Waals surface area contributed by atoms with E-state index in [9.17, 15) is 4.79 Å². The van der Waals surface area contributed by atoms with Gasteiger partial charge in [0.1, 0.15) is 0 Å². The number of benzene rings is 1. The molecule has 0 N–H and O–H groups in total. The normalized spacial score (nSPS) is 14.8. The van der Waals surface area contributed by atoms with Crippen molar-refractivity contribution in [1.82, 2.24) is 9.80 Å². The fraction of sp³-hybridized carbons (Fsp3) is 0.500. The first-order valence-electron chi connectivity index (χ1n) is 6.18. The lowest BCUT2D eigenvalue weighted by Gasteiger charge is -2.30. The number of halogens is 1. The third kappa shape index (κ3) is 2.85. The van der Waals surface area contributed by atoms with E-state index in [4.69, 9.17) is 11.6 Å². The van der Waals surface area contributed by atoms with Crippen molar-refractivity contribution in [1.29, 1.82) is 0 Å². The summed E-state index contributed by atoms with van der Waals surface area (Å²) in [5, 5.41) is 0.793. The third-order valence-electron chi connectivity index (χ3n) is 3.33. The second kappa shape index (κ2) is 5.29. The number of hydrogen-bond donors (Lipinski definition) is 0. The van der Waals surface area contributed by atoms with E-state index in [-0.39, 0.29) is 5.91 Å². The van der Waals surface area contributed by atoms with Crippen LogP contribution in [-0.2, 0) is 24.3 Å². The van der Waals surface area contributed by atoms with E-state index in [1.165, 1.54) is 16.7 Å². The molecule has 1 aromatic rings. The molecule has 1 aromatic carbocycles. The first kappa shape index (κ1) is 13.4. The Balaban J connectivity index is 2.37. The van der Waals surface area contributed by atoms with Gasteiger partial charge in [0, 0.05) is 31.6 Å². The lowest BCUT2D eigenvalue weighted by atomic mass is 9.94. The molecule has 3 nitrogen and oxygen atoms in total. The largest absolute Gasteiger partial charge is 0.338 e. The van der Waals surface area contributed by atoms with Crippen molar-refractivity contribution in [2.45, 2.75) is 26.4 Å². The van der Waals surface area contributed by atoms with Crippen LogP contribution in [0.15, 0.2) is 12.1 Å². The van der Waals surface area contributed by atoms with Gasteiger partial charge in [-0.3, -0.25) is 4.79 Å². The molecule has 1 heterocycles. The quantitative estimate of drug-likeness (QED) is 0.820. The van der Waals surface area contributed by atoms with Crippen LogP contribution in [0.4, 0.5) is 0 Å². The van der Waals surface area contributed by atoms with Crippen LogP contribution >= 0.6 is 11.6 Å². The maximum atomic E-state index is 11.5. The first-order valence-corrected chi connectivity index (χ1v) is 6.55. The number of carbonyl (C=O) groups excluding carboxylic acids is 1. The zero-order valence-electron chi connectivity index (χ0n) is 11.2. The van der Waals surface area contributed by atoms with E-state index in [1.807, 2.05) is 31.1 Å². The van der Waals surface area contributed by atoms with Gasteiger partial charge in [0.05, 0.1) is 0 Å². The van der Waals surface area contributed by atoms with Gasteiger partial charge in [-0.15, -0.1) is 0 Å². The molecule has 1 amide bonds. The smallest absolute Gasteiger partial charge is 0.219 e. The number of amides is 1. The lowest BCUT2D eigenvalue weighted by Crippen LogP contribution is -2.35. The molecule has 0 aromatic heterocycles. The van der Waals surface area contributed by atoms with Crippen molar-refractivity contribution in [2.24, 2.45) is 0 Å². The minimum atomic E-state index is 0.145. The molecule has 0 saturated carbocycles. The predicted octanol–water partition coefficient (Wildman–Crippen LogP) is 2.31. The maximum absolute atomic E-state index is 11.5. The maximum Gasteiger partial charge on any atom is 0.219 e. The Bertz CT molecular complexity index is 471. The molecule has 98 valence electrons. The van der Waals surface area contributed by atoms with Gasteiger partial charge in [0.15, 0.2) is 0 Å². The Morgan fingerprint density at radius 2 is 2.17 bits per heavy atom. The molecule has 0 bridgehead atoms. The highest BCUT2D eigenvalue weighted by Crippen LogP contribution is 2.27. The van der Waals surface area contributed by atoms with Crippen LogP contribution < -0.4 is 0 Å². The van der Waals surface area contributed by atoms with E-state index in [1.54, 1.807) is 6.92 Å². The summed E-state index contributed by atoms with van der Waals surface area (Å²) in [6.07, 6.45) is 0.899. The average molecular weight is 267 g/mol. The molecule has 0 atom stereocenters. The highest BCUT2D eigenvalue weighted by atomic mass is 35.5. The van der Waals surface area contributed by atoms with Crippen molar-refractivity contribution in [3.8, 4) is 0 Å². The van der Waals surface area contributed by atoms with Crippen LogP contribution in [0.1, 0.15) is 23.6 Å². The second-order valence-electron chi connectivity index (χ2n) is 5.13. The Morgan fingerprint density at radius 1 is 1.44 bits per heavy atom. The molecule has 18 heavy (non-hydrogen) atoms. The number of hydrogen-bond acceptors (Lipinski definition) is 2. The summed E-state index contributed by atoms with van der Waals surface area (Å²) in [5.74, 6) is 0.145. The Morgan fingerprint density at radius 3 is 2.78 bits per heavy atom. The molecule has 0 radical (unpaired) electrons. The molecule has 0 aliphatic carbocycles. The van der Waals surface area contributed by atoms with Gasteiger partial charge in [-0.25, -0.2) is 0 Å². The predicted molar refractivity (Wildman–Crippen MR) is 73.6 cm³/mol. The number of nitrogens with zero attached hydrogens (tertiary/aromatic N) is 2. The van der Waals surface area contributed by atoms with Crippen LogP contribution in [-0.4, -0.2) is 36.3 Å². The zero-order chi connectivity index (χ0) is 13.3. The van der Waals surface area contributed by atoms with Gasteiger partial charge < -0.3 is 9.80 Å². The van der Waals surface area contributed by atoms with Crippen LogP contribution in [0.5, 0.6) is 0 Å². The molecule has 1 aliphatic rings. The fourth-order valence-electron chi connectivity index (χ4n) is 2.46. The van der Waals surface area contributed by atoms with Crippen molar-refractivity contribution < 1.29 is 4.79 Å². The number of carbonyl (C=O) groups is 1. The Labute approximate surface area is 113 Å². The summed E-state index contributed by atoms with van der Waals surface area (Å²) in [6.45, 7) is 4.00. The minimum Gasteiger partial charge on any atom is -0.338 e. The molecular weight excluding hydrogens is 248 g/mol. The van der Waals surface area contributed by atoms with Crippen molar-refractivity contribution in [3.05, 3.63) is 33.8 Å². The first-order chi connectivity index (χ1) is 8.47. The van der Waals surface area contributed by atoms with E-state index >= 15 is 0 Å². The van der Waals surface area contributed by atoms with Crippen LogP contribution in [0.3, 0.4) is 0 Å². The van der Waals surface area contributed by atoms with Gasteiger partial charge in [-0.2, -0.15) is 0 Å². The second-order valence-corrected chi connectivity index (χ2v) is 5.57. The molecule has 1 aliphatic heterocycles. The number of rotatable bonds is 2. The number of fused-ring (bicyclic) bond motifs is 1. The molecule has 0 spiro atoms. The summed E-state index contributed by atoms with van der Waals surface area (Å²) in [6, 6.07) is 4.05. The van der Waals surface area contributed by atoms with Crippen molar-refractivity contribution >= 4 is 17.5 Å². The summed E-state index contributed by atoms with van der Waals surface area (Å²) < 4.78 is 0. The topological polar surface area (TPSA) is 23.6 Å². The van der Waals surface area contributed by atoms with Crippen LogP contribution in [0.25, 0.3) is 0 Å². The minimum absolute atomic E-state index is 0.145. The van der Waals surface area contributed by atoms with Gasteiger partial charge in [-0.05, 0) is 49.3 Å². The molecule has 0 saturated heterocycles. The van der Waals surface area contributed by atoms with Crippen molar-refractivity contribution in [3.63, 3.8) is 0 Å². The highest BCUT2D eigenvalue weighted by molar-refractivity contribution is 6.30. The summed E-state index contributed by atoms with van der Waals surface area (Å²) in [7, 11) is 4.08. The van der Waals surface area contributed by atoms with Crippen LogP contribution in [0, 0.1) is 0 Å². The van der Waals surface area contributed by atoms with Crippen molar-refractivity contribution in [2.75, 3.05) is 20.6 Å². The molecule has 2 rings (SSSR count). The summed E-state index contributed by atoms with van der Waals surface area (Å²) >= 11 is 6.17. The zero-order valence-corrected chi connectivity index (χ0v) is 11.9. The third-order valence-corrected chi connectivity index (χ3v) is 3.55. The lowest BCUT2D eigenvalue weighted by molar-refractivity contribution is -0.129. The van der Waals surface area contributed by atoms with Gasteiger partial charge >= 0.3 is 0 Å². The van der Waals surface area contributed by atoms with Gasteiger partial charge in [0.25, 0.3) is 0 Å². The summed E-state index contributed by atoms with van der Waals surface area (Å²) in [4.78, 5) is 15.5. The van der Waals surface area contributed by atoms with Crippen LogP contribution in [0.2, 0.25) is 5.02 Å². The Kier molecular flexibility index (Phi) is 3.93. The van der Waals surface area contributed by atoms with E-state index < -0.39 is 0 Å². The van der Waals surface area contributed by atoms with Gasteiger partial charge in [-0.1, -0.05) is 11.6 Å². The molecular formula is C14H19ClN2O. The van der Waals surface area contributed by atoms with Gasteiger partial charge in [0.2, 0.25) is 5.91 Å². The summed E-state index contributed by atoms with van der Waals surface area (Å²) in [5.41, 5.74) is 3.79. The molecule has 4 heteroatoms. The fourth-order valence-corrected chi connectivity index (χ4v) is 2.72. The molecule has 0 unspecified atom stereocenters. The Hall–Kier alpha value is -1.06. The van der Waals surface area contributed by atoms with E-state index in [0.29, 0.717) is 6.54 Å². The standard InChI is InChI=1S/C14H19ClN2O/c1-10(18)17-5-4-11-6-13(15)7-12(8-16(2)3)14(11)9-17/h6-7H,4-5,8-9H2,1-3H3. The monoisotopic (exact) mass is 266 g/mol. The average Bonchev–Trinajstić information content (AvgIpc) is 2.27. The van der Waals surface area contributed by atoms with E-state index in [2.05, 4.69) is 4.90 Å².